The van der Waals surface area contributed by atoms with Gasteiger partial charge in [0.25, 0.3) is 0 Å². The van der Waals surface area contributed by atoms with Gasteiger partial charge in [0, 0.05) is 29.3 Å². The number of aliphatic hydroxyl groups excluding tert-OH is 1. The first-order valence-electron chi connectivity index (χ1n) is 6.48. The normalized spacial score (nSPS) is 12.3. The number of carbonyl (C=O) groups is 1. The van der Waals surface area contributed by atoms with Gasteiger partial charge in [-0.05, 0) is 24.8 Å². The van der Waals surface area contributed by atoms with Crippen LogP contribution in [-0.2, 0) is 17.6 Å². The minimum Gasteiger partial charge on any atom is -0.396 e. The summed E-state index contributed by atoms with van der Waals surface area (Å²) in [6.45, 7) is 2.50. The van der Waals surface area contributed by atoms with Gasteiger partial charge in [-0.15, -0.1) is 22.7 Å². The lowest BCUT2D eigenvalue weighted by Gasteiger charge is -2.13. The number of nitrogens with zero attached hydrogens (tertiary/aromatic N) is 1. The molecule has 2 aromatic rings. The van der Waals surface area contributed by atoms with Crippen LogP contribution in [0.4, 0.5) is 0 Å². The Bertz CT molecular complexity index is 537. The zero-order valence-electron chi connectivity index (χ0n) is 11.3. The zero-order chi connectivity index (χ0) is 14.4. The molecule has 0 aliphatic heterocycles. The number of rotatable bonds is 7. The van der Waals surface area contributed by atoms with Crippen LogP contribution in [0.5, 0.6) is 0 Å². The van der Waals surface area contributed by atoms with Gasteiger partial charge in [0.1, 0.15) is 0 Å². The summed E-state index contributed by atoms with van der Waals surface area (Å²) in [5, 5.41) is 17.1. The lowest BCUT2D eigenvalue weighted by atomic mass is 10.1. The molecule has 2 N–H and O–H groups in total. The molecule has 1 atom stereocenters. The average Bonchev–Trinajstić information content (AvgIpc) is 3.06. The lowest BCUT2D eigenvalue weighted by Crippen LogP contribution is -2.32. The summed E-state index contributed by atoms with van der Waals surface area (Å²) in [4.78, 5) is 17.3. The van der Waals surface area contributed by atoms with Gasteiger partial charge >= 0.3 is 0 Å². The van der Waals surface area contributed by atoms with Crippen LogP contribution in [0.3, 0.4) is 0 Å². The molecule has 6 heteroatoms. The molecule has 0 saturated heterocycles. The molecule has 2 rings (SSSR count). The van der Waals surface area contributed by atoms with E-state index in [1.165, 1.54) is 4.88 Å². The highest BCUT2D eigenvalue weighted by molar-refractivity contribution is 7.10. The maximum Gasteiger partial charge on any atom is 0.226 e. The van der Waals surface area contributed by atoms with Gasteiger partial charge in [0.2, 0.25) is 5.91 Å². The first-order chi connectivity index (χ1) is 9.67. The second kappa shape index (κ2) is 7.52. The van der Waals surface area contributed by atoms with Gasteiger partial charge in [-0.1, -0.05) is 6.07 Å². The van der Waals surface area contributed by atoms with Crippen molar-refractivity contribution in [2.45, 2.75) is 19.8 Å². The van der Waals surface area contributed by atoms with E-state index < -0.39 is 0 Å². The van der Waals surface area contributed by atoms with Crippen LogP contribution in [0.2, 0.25) is 0 Å². The Morgan fingerprint density at radius 1 is 1.50 bits per heavy atom. The van der Waals surface area contributed by atoms with Crippen LogP contribution in [0.25, 0.3) is 0 Å². The highest BCUT2D eigenvalue weighted by Crippen LogP contribution is 2.14. The Labute approximate surface area is 126 Å². The van der Waals surface area contributed by atoms with E-state index in [2.05, 4.69) is 10.3 Å². The molecular weight excluding hydrogens is 292 g/mol. The number of thiophene rings is 1. The quantitative estimate of drug-likeness (QED) is 0.822. The maximum absolute atomic E-state index is 11.8. The first-order valence-corrected chi connectivity index (χ1v) is 8.24. The van der Waals surface area contributed by atoms with Gasteiger partial charge in [-0.3, -0.25) is 4.79 Å². The number of carbonyl (C=O) groups excluding carboxylic acids is 1. The van der Waals surface area contributed by atoms with Crippen molar-refractivity contribution in [3.63, 3.8) is 0 Å². The Hall–Kier alpha value is -1.24. The Morgan fingerprint density at radius 3 is 2.95 bits per heavy atom. The molecule has 0 unspecified atom stereocenters. The molecule has 0 aliphatic rings. The summed E-state index contributed by atoms with van der Waals surface area (Å²) in [5.74, 6) is 0.0229. The van der Waals surface area contributed by atoms with E-state index in [0.29, 0.717) is 13.0 Å². The van der Waals surface area contributed by atoms with Crippen LogP contribution in [-0.4, -0.2) is 29.1 Å². The summed E-state index contributed by atoms with van der Waals surface area (Å²) >= 11 is 3.22. The summed E-state index contributed by atoms with van der Waals surface area (Å²) in [5.41, 5.74) is 0.809. The summed E-state index contributed by atoms with van der Waals surface area (Å²) in [6, 6.07) is 4.05. The summed E-state index contributed by atoms with van der Waals surface area (Å²) in [7, 11) is 0. The third-order valence-corrected chi connectivity index (χ3v) is 4.65. The lowest BCUT2D eigenvalue weighted by molar-refractivity contribution is -0.120. The van der Waals surface area contributed by atoms with Gasteiger partial charge in [0.15, 0.2) is 0 Å². The predicted molar refractivity (Wildman–Crippen MR) is 82.2 cm³/mol. The smallest absolute Gasteiger partial charge is 0.226 e. The number of aryl methyl sites for hydroxylation is 1. The Morgan fingerprint density at radius 2 is 2.35 bits per heavy atom. The molecule has 0 saturated carbocycles. The van der Waals surface area contributed by atoms with Crippen molar-refractivity contribution in [2.75, 3.05) is 13.2 Å². The third kappa shape index (κ3) is 4.70. The Kier molecular flexibility index (Phi) is 5.70. The topological polar surface area (TPSA) is 62.2 Å². The van der Waals surface area contributed by atoms with Gasteiger partial charge in [-0.25, -0.2) is 4.98 Å². The van der Waals surface area contributed by atoms with Crippen LogP contribution in [0, 0.1) is 12.8 Å². The largest absolute Gasteiger partial charge is 0.396 e. The van der Waals surface area contributed by atoms with E-state index in [9.17, 15) is 9.90 Å². The van der Waals surface area contributed by atoms with E-state index in [1.54, 1.807) is 22.7 Å². The zero-order valence-corrected chi connectivity index (χ0v) is 13.0. The van der Waals surface area contributed by atoms with Crippen LogP contribution in [0.1, 0.15) is 15.6 Å². The number of thiazole rings is 1. The second-order valence-corrected chi connectivity index (χ2v) is 6.77. The van der Waals surface area contributed by atoms with Gasteiger partial charge < -0.3 is 10.4 Å². The third-order valence-electron chi connectivity index (χ3n) is 2.92. The van der Waals surface area contributed by atoms with E-state index in [0.717, 1.165) is 17.1 Å². The molecule has 108 valence electrons. The first kappa shape index (κ1) is 15.2. The molecule has 0 radical (unpaired) electrons. The van der Waals surface area contributed by atoms with Gasteiger partial charge in [0.05, 0.1) is 17.1 Å². The number of aliphatic hydroxyl groups is 1. The minimum absolute atomic E-state index is 0.0417. The summed E-state index contributed by atoms with van der Waals surface area (Å²) in [6.07, 6.45) is 1.10. The molecule has 0 bridgehead atoms. The van der Waals surface area contributed by atoms with Crippen LogP contribution >= 0.6 is 22.7 Å². The molecule has 1 amide bonds. The van der Waals surface area contributed by atoms with Crippen molar-refractivity contribution < 1.29 is 9.90 Å². The fourth-order valence-electron chi connectivity index (χ4n) is 1.89. The van der Waals surface area contributed by atoms with Crippen molar-refractivity contribution in [3.8, 4) is 0 Å². The van der Waals surface area contributed by atoms with Crippen molar-refractivity contribution in [2.24, 2.45) is 5.92 Å². The minimum atomic E-state index is -0.0417. The highest BCUT2D eigenvalue weighted by Gasteiger charge is 2.12. The molecule has 2 heterocycles. The Balaban J connectivity index is 1.76. The molecule has 4 nitrogen and oxygen atoms in total. The van der Waals surface area contributed by atoms with Crippen molar-refractivity contribution in [1.29, 1.82) is 0 Å². The number of nitrogens with one attached hydrogen (secondary N) is 1. The van der Waals surface area contributed by atoms with Crippen molar-refractivity contribution in [3.05, 3.63) is 38.5 Å². The fourth-order valence-corrected chi connectivity index (χ4v) is 3.32. The van der Waals surface area contributed by atoms with E-state index in [1.807, 2.05) is 29.8 Å². The molecule has 2 aromatic heterocycles. The van der Waals surface area contributed by atoms with Crippen LogP contribution < -0.4 is 5.32 Å². The average molecular weight is 310 g/mol. The number of aromatic nitrogens is 1. The number of hydrogen-bond acceptors (Lipinski definition) is 5. The summed E-state index contributed by atoms with van der Waals surface area (Å²) < 4.78 is 0. The van der Waals surface area contributed by atoms with E-state index in [-0.39, 0.29) is 18.4 Å². The fraction of sp³-hybridized carbons (Fsp3) is 0.429. The van der Waals surface area contributed by atoms with E-state index >= 15 is 0 Å². The second-order valence-electron chi connectivity index (χ2n) is 4.67. The molecular formula is C14H18N2O2S2. The molecule has 0 fully saturated rings. The maximum atomic E-state index is 11.8. The van der Waals surface area contributed by atoms with Crippen molar-refractivity contribution >= 4 is 28.6 Å². The highest BCUT2D eigenvalue weighted by atomic mass is 32.1. The van der Waals surface area contributed by atoms with Crippen molar-refractivity contribution in [1.82, 2.24) is 10.3 Å². The van der Waals surface area contributed by atoms with E-state index in [4.69, 9.17) is 0 Å². The number of amides is 1. The number of hydrogen-bond donors (Lipinski definition) is 2. The SMILES string of the molecule is Cc1nc(CC(=O)NC[C@H](CO)Cc2cccs2)cs1. The molecule has 0 aromatic carbocycles. The standard InChI is InChI=1S/C14H18N2O2S2/c1-10-16-12(9-20-10)6-14(18)15-7-11(8-17)5-13-3-2-4-19-13/h2-4,9,11,17H,5-8H2,1H3,(H,15,18)/t11-/m1/s1. The van der Waals surface area contributed by atoms with Crippen LogP contribution in [0.15, 0.2) is 22.9 Å². The molecule has 0 spiro atoms. The molecule has 0 aliphatic carbocycles. The monoisotopic (exact) mass is 310 g/mol. The van der Waals surface area contributed by atoms with Gasteiger partial charge in [-0.2, -0.15) is 0 Å². The molecule has 20 heavy (non-hydrogen) atoms. The predicted octanol–water partition coefficient (Wildman–Crippen LogP) is 2.02.